The Kier molecular flexibility index (Phi) is 8.05. The lowest BCUT2D eigenvalue weighted by Gasteiger charge is -2.46. The number of benzene rings is 2. The molecule has 2 saturated heterocycles. The Balaban J connectivity index is 1.42. The second kappa shape index (κ2) is 11.6. The zero-order valence-electron chi connectivity index (χ0n) is 23.2. The standard InChI is InChI=1S/C30H34F6N4O2/c1-17-10-20-19-4-2-5-22(32)26(19)38-27(20)28(40(17)14-30(36)15-41-16-30)21-11-23(33)24(12-25(21)42-29(34)35)37-18-6-9-39(13-18)8-3-7-31/h2,4-5,11-12,17-18,28-29,37-38H,3,6-10,13-16H2,1H3/t17-,18?,28?/m1/s1. The predicted molar refractivity (Wildman–Crippen MR) is 147 cm³/mol. The van der Waals surface area contributed by atoms with Gasteiger partial charge in [-0.25, -0.2) is 13.2 Å². The topological polar surface area (TPSA) is 52.8 Å². The van der Waals surface area contributed by atoms with E-state index < -0.39 is 36.6 Å². The number of aromatic amines is 1. The Morgan fingerprint density at radius 2 is 2.00 bits per heavy atom. The number of hydrogen-bond acceptors (Lipinski definition) is 5. The van der Waals surface area contributed by atoms with Gasteiger partial charge in [-0.1, -0.05) is 12.1 Å². The molecule has 42 heavy (non-hydrogen) atoms. The molecule has 3 aliphatic rings. The molecule has 2 fully saturated rings. The van der Waals surface area contributed by atoms with Crippen LogP contribution in [0, 0.1) is 11.6 Å². The quantitative estimate of drug-likeness (QED) is 0.283. The van der Waals surface area contributed by atoms with Crippen molar-refractivity contribution in [3.8, 4) is 5.75 Å². The second-order valence-corrected chi connectivity index (χ2v) is 11.7. The number of anilines is 1. The van der Waals surface area contributed by atoms with Crippen molar-refractivity contribution in [2.45, 2.75) is 56.6 Å². The van der Waals surface area contributed by atoms with Gasteiger partial charge in [-0.15, -0.1) is 0 Å². The van der Waals surface area contributed by atoms with Gasteiger partial charge in [0.1, 0.15) is 17.4 Å². The van der Waals surface area contributed by atoms with Gasteiger partial charge >= 0.3 is 6.61 Å². The lowest BCUT2D eigenvalue weighted by molar-refractivity contribution is -0.148. The molecule has 1 aromatic heterocycles. The van der Waals surface area contributed by atoms with Crippen LogP contribution in [-0.4, -0.2) is 85.2 Å². The van der Waals surface area contributed by atoms with Crippen molar-refractivity contribution in [1.82, 2.24) is 14.8 Å². The average Bonchev–Trinajstić information content (AvgIpc) is 3.53. The van der Waals surface area contributed by atoms with E-state index in [1.807, 2.05) is 6.92 Å². The van der Waals surface area contributed by atoms with Crippen LogP contribution >= 0.6 is 0 Å². The summed E-state index contributed by atoms with van der Waals surface area (Å²) in [5.74, 6) is -1.42. The lowest BCUT2D eigenvalue weighted by Crippen LogP contribution is -2.57. The molecule has 0 spiro atoms. The van der Waals surface area contributed by atoms with Gasteiger partial charge in [0.2, 0.25) is 0 Å². The summed E-state index contributed by atoms with van der Waals surface area (Å²) in [7, 11) is 0. The molecule has 2 aromatic carbocycles. The molecule has 228 valence electrons. The molecule has 12 heteroatoms. The molecule has 3 atom stereocenters. The number of ether oxygens (including phenoxy) is 2. The van der Waals surface area contributed by atoms with Gasteiger partial charge in [0.05, 0.1) is 37.1 Å². The Morgan fingerprint density at radius 1 is 1.19 bits per heavy atom. The Hall–Kier alpha value is -2.96. The Bertz CT molecular complexity index is 1430. The summed E-state index contributed by atoms with van der Waals surface area (Å²) >= 11 is 0. The fourth-order valence-electron chi connectivity index (χ4n) is 6.62. The summed E-state index contributed by atoms with van der Waals surface area (Å²) in [6.45, 7) is -0.208. The van der Waals surface area contributed by atoms with Crippen LogP contribution in [0.15, 0.2) is 30.3 Å². The van der Waals surface area contributed by atoms with Gasteiger partial charge in [-0.3, -0.25) is 9.29 Å². The van der Waals surface area contributed by atoms with Crippen LogP contribution in [0.3, 0.4) is 0 Å². The number of H-pyrrole nitrogens is 1. The summed E-state index contributed by atoms with van der Waals surface area (Å²) < 4.78 is 96.4. The van der Waals surface area contributed by atoms with Gasteiger partial charge in [0, 0.05) is 61.0 Å². The van der Waals surface area contributed by atoms with Crippen LogP contribution < -0.4 is 10.1 Å². The van der Waals surface area contributed by atoms with Gasteiger partial charge < -0.3 is 24.7 Å². The van der Waals surface area contributed by atoms with Crippen LogP contribution in [0.1, 0.15) is 42.6 Å². The number of hydrogen-bond donors (Lipinski definition) is 2. The highest BCUT2D eigenvalue weighted by atomic mass is 19.3. The molecule has 0 bridgehead atoms. The van der Waals surface area contributed by atoms with Crippen LogP contribution in [0.2, 0.25) is 0 Å². The number of rotatable bonds is 10. The molecule has 6 nitrogen and oxygen atoms in total. The number of fused-ring (bicyclic) bond motifs is 3. The first-order valence-electron chi connectivity index (χ1n) is 14.3. The SMILES string of the molecule is C[C@@H]1Cc2c([nH]c3c(F)cccc23)C(c2cc(F)c(NC3CCN(CCCF)C3)cc2OC(F)F)N1CC1(F)COC1. The second-order valence-electron chi connectivity index (χ2n) is 11.7. The molecular weight excluding hydrogens is 562 g/mol. The third kappa shape index (κ3) is 5.56. The van der Waals surface area contributed by atoms with Crippen molar-refractivity contribution in [2.24, 2.45) is 0 Å². The molecule has 3 aromatic rings. The first-order valence-corrected chi connectivity index (χ1v) is 14.3. The fourth-order valence-corrected chi connectivity index (χ4v) is 6.62. The smallest absolute Gasteiger partial charge is 0.387 e. The van der Waals surface area contributed by atoms with Gasteiger partial charge in [0.15, 0.2) is 5.67 Å². The molecule has 2 unspecified atom stereocenters. The zero-order valence-corrected chi connectivity index (χ0v) is 23.2. The molecule has 0 radical (unpaired) electrons. The summed E-state index contributed by atoms with van der Waals surface area (Å²) in [5, 5.41) is 3.74. The lowest BCUT2D eigenvalue weighted by atomic mass is 9.86. The first-order chi connectivity index (χ1) is 20.2. The van der Waals surface area contributed by atoms with E-state index in [2.05, 4.69) is 15.2 Å². The Labute approximate surface area is 239 Å². The Morgan fingerprint density at radius 3 is 2.71 bits per heavy atom. The minimum Gasteiger partial charge on any atom is -0.434 e. The fraction of sp³-hybridized carbons (Fsp3) is 0.533. The molecule has 0 saturated carbocycles. The summed E-state index contributed by atoms with van der Waals surface area (Å²) in [4.78, 5) is 6.97. The number of alkyl halides is 4. The summed E-state index contributed by atoms with van der Waals surface area (Å²) in [5.41, 5.74) is -0.0901. The molecule has 3 aliphatic heterocycles. The monoisotopic (exact) mass is 596 g/mol. The maximum absolute atomic E-state index is 15.8. The van der Waals surface area contributed by atoms with Crippen molar-refractivity contribution in [3.63, 3.8) is 0 Å². The van der Waals surface area contributed by atoms with E-state index in [0.29, 0.717) is 50.0 Å². The van der Waals surface area contributed by atoms with Gasteiger partial charge in [-0.05, 0) is 43.9 Å². The summed E-state index contributed by atoms with van der Waals surface area (Å²) in [6.07, 6.45) is 1.53. The summed E-state index contributed by atoms with van der Waals surface area (Å²) in [6, 6.07) is 5.66. The van der Waals surface area contributed by atoms with E-state index in [1.54, 1.807) is 17.0 Å². The third-order valence-electron chi connectivity index (χ3n) is 8.63. The van der Waals surface area contributed by atoms with E-state index in [0.717, 1.165) is 11.6 Å². The number of likely N-dealkylation sites (tertiary alicyclic amines) is 1. The number of nitrogens with one attached hydrogen (secondary N) is 2. The van der Waals surface area contributed by atoms with Crippen molar-refractivity contribution >= 4 is 16.6 Å². The van der Waals surface area contributed by atoms with Crippen molar-refractivity contribution < 1.29 is 35.8 Å². The largest absolute Gasteiger partial charge is 0.434 e. The normalized spacial score (nSPS) is 24.2. The van der Waals surface area contributed by atoms with E-state index in [1.165, 1.54) is 12.1 Å². The van der Waals surface area contributed by atoms with E-state index in [-0.39, 0.29) is 54.4 Å². The van der Waals surface area contributed by atoms with Crippen LogP contribution in [0.5, 0.6) is 5.75 Å². The highest BCUT2D eigenvalue weighted by Crippen LogP contribution is 2.46. The molecule has 0 aliphatic carbocycles. The van der Waals surface area contributed by atoms with Crippen molar-refractivity contribution in [2.75, 3.05) is 51.4 Å². The van der Waals surface area contributed by atoms with Crippen molar-refractivity contribution in [3.05, 3.63) is 58.8 Å². The minimum atomic E-state index is -3.20. The predicted octanol–water partition coefficient (Wildman–Crippen LogP) is 5.97. The average molecular weight is 597 g/mol. The zero-order chi connectivity index (χ0) is 29.6. The van der Waals surface area contributed by atoms with Crippen molar-refractivity contribution in [1.29, 1.82) is 0 Å². The van der Waals surface area contributed by atoms with Crippen LogP contribution in [0.25, 0.3) is 10.9 Å². The number of halogens is 6. The highest BCUT2D eigenvalue weighted by molar-refractivity contribution is 5.86. The number of nitrogens with zero attached hydrogens (tertiary/aromatic N) is 2. The number of para-hydroxylation sites is 1. The maximum Gasteiger partial charge on any atom is 0.387 e. The first kappa shape index (κ1) is 29.1. The van der Waals surface area contributed by atoms with E-state index in [9.17, 15) is 17.6 Å². The molecular formula is C30H34F6N4O2. The van der Waals surface area contributed by atoms with E-state index in [4.69, 9.17) is 9.47 Å². The third-order valence-corrected chi connectivity index (χ3v) is 8.63. The molecule has 4 heterocycles. The minimum absolute atomic E-state index is 0.000538. The molecule has 2 N–H and O–H groups in total. The van der Waals surface area contributed by atoms with Gasteiger partial charge in [-0.2, -0.15) is 8.78 Å². The molecule has 0 amide bonds. The highest BCUT2D eigenvalue weighted by Gasteiger charge is 2.46. The molecule has 6 rings (SSSR count). The van der Waals surface area contributed by atoms with Crippen LogP contribution in [-0.2, 0) is 11.2 Å². The number of aromatic nitrogens is 1. The maximum atomic E-state index is 15.8. The van der Waals surface area contributed by atoms with E-state index >= 15 is 8.78 Å². The van der Waals surface area contributed by atoms with Gasteiger partial charge in [0.25, 0.3) is 0 Å². The van der Waals surface area contributed by atoms with Crippen LogP contribution in [0.4, 0.5) is 32.0 Å².